The van der Waals surface area contributed by atoms with Crippen LogP contribution in [-0.2, 0) is 0 Å². The monoisotopic (exact) mass is 511 g/mol. The van der Waals surface area contributed by atoms with Crippen LogP contribution in [0.2, 0.25) is 0 Å². The van der Waals surface area contributed by atoms with E-state index in [0.29, 0.717) is 0 Å². The lowest BCUT2D eigenvalue weighted by Gasteiger charge is -2.62. The van der Waals surface area contributed by atoms with E-state index in [4.69, 9.17) is 0 Å². The summed E-state index contributed by atoms with van der Waals surface area (Å²) in [5.41, 5.74) is 1.63. The van der Waals surface area contributed by atoms with E-state index in [1.807, 2.05) is 0 Å². The van der Waals surface area contributed by atoms with Crippen molar-refractivity contribution in [3.8, 4) is 0 Å². The third-order valence-corrected chi connectivity index (χ3v) is 13.5. The Kier molecular flexibility index (Phi) is 10.5. The van der Waals surface area contributed by atoms with E-state index >= 15 is 0 Å². The average molecular weight is 511 g/mol. The Morgan fingerprint density at radius 1 is 0.405 bits per heavy atom. The number of hydrogen-bond donors (Lipinski definition) is 0. The Morgan fingerprint density at radius 2 is 0.811 bits per heavy atom. The van der Waals surface area contributed by atoms with Crippen LogP contribution in [0.4, 0.5) is 0 Å². The molecule has 214 valence electrons. The van der Waals surface area contributed by atoms with Gasteiger partial charge in [0.25, 0.3) is 0 Å². The fourth-order valence-electron chi connectivity index (χ4n) is 11.2. The molecule has 0 heterocycles. The van der Waals surface area contributed by atoms with Crippen molar-refractivity contribution in [3.63, 3.8) is 0 Å². The summed E-state index contributed by atoms with van der Waals surface area (Å²) in [5, 5.41) is 0. The lowest BCUT2D eigenvalue weighted by atomic mass is 9.43. The standard InChI is InChI=1S/C37H66/c1-3-5-6-7-8-9-11-31-14-18-33(19-15-31)35-22-26-37(27-23-35)28-36(29-37)24-20-34(21-25-36)32-16-12-30(10-4-2)13-17-32/h30-35H,3-29H2,1-2H3. The zero-order valence-corrected chi connectivity index (χ0v) is 25.6. The Morgan fingerprint density at radius 3 is 1.27 bits per heavy atom. The summed E-state index contributed by atoms with van der Waals surface area (Å²) in [5.74, 6) is 6.60. The van der Waals surface area contributed by atoms with Crippen LogP contribution in [0.25, 0.3) is 0 Å². The molecule has 0 amide bonds. The van der Waals surface area contributed by atoms with Gasteiger partial charge in [-0.1, -0.05) is 97.3 Å². The minimum atomic E-state index is 0.816. The smallest absolute Gasteiger partial charge is 0.0287 e. The van der Waals surface area contributed by atoms with Gasteiger partial charge in [0.2, 0.25) is 0 Å². The largest absolute Gasteiger partial charge is 0.0654 e. The van der Waals surface area contributed by atoms with Crippen LogP contribution < -0.4 is 0 Å². The fourth-order valence-corrected chi connectivity index (χ4v) is 11.2. The molecular weight excluding hydrogens is 444 g/mol. The fraction of sp³-hybridized carbons (Fsp3) is 1.00. The van der Waals surface area contributed by atoms with Gasteiger partial charge in [0.1, 0.15) is 0 Å². The third-order valence-electron chi connectivity index (χ3n) is 13.5. The molecule has 0 heteroatoms. The maximum Gasteiger partial charge on any atom is -0.0287 e. The highest BCUT2D eigenvalue weighted by atomic mass is 14.6. The molecule has 0 aromatic rings. The first-order valence-electron chi connectivity index (χ1n) is 18.1. The SMILES string of the molecule is CCCCCCCCC1CCC(C2CCC3(CC2)CC2(CCC(C4CCC(CCC)CC4)CC2)C3)CC1. The predicted octanol–water partition coefficient (Wildman–Crippen LogP) is 12.3. The first-order chi connectivity index (χ1) is 18.1. The Balaban J connectivity index is 0.950. The van der Waals surface area contributed by atoms with Gasteiger partial charge < -0.3 is 0 Å². The second-order valence-electron chi connectivity index (χ2n) is 15.9. The van der Waals surface area contributed by atoms with Crippen molar-refractivity contribution >= 4 is 0 Å². The van der Waals surface area contributed by atoms with E-state index in [-0.39, 0.29) is 0 Å². The van der Waals surface area contributed by atoms with Crippen molar-refractivity contribution in [2.24, 2.45) is 46.3 Å². The Labute approximate surface area is 233 Å². The van der Waals surface area contributed by atoms with Crippen molar-refractivity contribution in [1.29, 1.82) is 0 Å². The molecule has 5 aliphatic rings. The van der Waals surface area contributed by atoms with Crippen LogP contribution in [0.15, 0.2) is 0 Å². The van der Waals surface area contributed by atoms with Crippen LogP contribution in [0.1, 0.15) is 187 Å². The third kappa shape index (κ3) is 7.40. The number of rotatable bonds is 11. The van der Waals surface area contributed by atoms with Crippen LogP contribution in [0, 0.1) is 46.3 Å². The van der Waals surface area contributed by atoms with Gasteiger partial charge in [-0.2, -0.15) is 0 Å². The molecule has 37 heavy (non-hydrogen) atoms. The molecule has 0 aromatic heterocycles. The molecule has 0 aromatic carbocycles. The van der Waals surface area contributed by atoms with E-state index in [0.717, 1.165) is 46.3 Å². The summed E-state index contributed by atoms with van der Waals surface area (Å²) in [4.78, 5) is 0. The minimum Gasteiger partial charge on any atom is -0.0654 e. The molecule has 5 fully saturated rings. The Bertz CT molecular complexity index is 619. The zero-order valence-electron chi connectivity index (χ0n) is 25.6. The second-order valence-corrected chi connectivity index (χ2v) is 15.9. The van der Waals surface area contributed by atoms with Crippen molar-refractivity contribution < 1.29 is 0 Å². The summed E-state index contributed by atoms with van der Waals surface area (Å²) in [7, 11) is 0. The topological polar surface area (TPSA) is 0 Å². The van der Waals surface area contributed by atoms with Crippen LogP contribution in [0.5, 0.6) is 0 Å². The van der Waals surface area contributed by atoms with Gasteiger partial charge in [0.05, 0.1) is 0 Å². The highest BCUT2D eigenvalue weighted by molar-refractivity contribution is 5.07. The summed E-state index contributed by atoms with van der Waals surface area (Å²) >= 11 is 0. The number of hydrogen-bond acceptors (Lipinski definition) is 0. The van der Waals surface area contributed by atoms with Gasteiger partial charge in [-0.15, -0.1) is 0 Å². The van der Waals surface area contributed by atoms with Crippen molar-refractivity contribution in [2.75, 3.05) is 0 Å². The van der Waals surface area contributed by atoms with E-state index in [9.17, 15) is 0 Å². The molecule has 0 aliphatic heterocycles. The molecule has 0 saturated heterocycles. The van der Waals surface area contributed by atoms with Gasteiger partial charge in [-0.3, -0.25) is 0 Å². The normalized spacial score (nSPS) is 42.6. The van der Waals surface area contributed by atoms with E-state index in [2.05, 4.69) is 13.8 Å². The lowest BCUT2D eigenvalue weighted by molar-refractivity contribution is -0.109. The quantitative estimate of drug-likeness (QED) is 0.242. The van der Waals surface area contributed by atoms with Crippen molar-refractivity contribution in [2.45, 2.75) is 187 Å². The van der Waals surface area contributed by atoms with Crippen LogP contribution >= 0.6 is 0 Å². The predicted molar refractivity (Wildman–Crippen MR) is 162 cm³/mol. The summed E-state index contributed by atoms with van der Waals surface area (Å²) in [6.45, 7) is 4.71. The summed E-state index contributed by atoms with van der Waals surface area (Å²) in [6, 6.07) is 0. The first-order valence-corrected chi connectivity index (χ1v) is 18.1. The minimum absolute atomic E-state index is 0.816. The number of unbranched alkanes of at least 4 members (excludes halogenated alkanes) is 5. The Hall–Kier alpha value is 0. The van der Waals surface area contributed by atoms with Gasteiger partial charge >= 0.3 is 0 Å². The van der Waals surface area contributed by atoms with E-state index in [1.54, 1.807) is 122 Å². The van der Waals surface area contributed by atoms with Crippen LogP contribution in [0.3, 0.4) is 0 Å². The molecule has 5 saturated carbocycles. The zero-order chi connectivity index (χ0) is 25.6. The molecule has 0 nitrogen and oxygen atoms in total. The van der Waals surface area contributed by atoms with Gasteiger partial charge in [0.15, 0.2) is 0 Å². The van der Waals surface area contributed by atoms with Crippen molar-refractivity contribution in [3.05, 3.63) is 0 Å². The summed E-state index contributed by atoms with van der Waals surface area (Å²) < 4.78 is 0. The molecule has 5 aliphatic carbocycles. The molecule has 0 radical (unpaired) electrons. The molecule has 0 atom stereocenters. The molecule has 0 bridgehead atoms. The summed E-state index contributed by atoms with van der Waals surface area (Å²) in [6.07, 6.45) is 42.1. The van der Waals surface area contributed by atoms with E-state index < -0.39 is 0 Å². The van der Waals surface area contributed by atoms with E-state index in [1.165, 1.54) is 51.4 Å². The van der Waals surface area contributed by atoms with Crippen molar-refractivity contribution in [1.82, 2.24) is 0 Å². The first kappa shape index (κ1) is 28.5. The lowest BCUT2D eigenvalue weighted by Crippen LogP contribution is -2.50. The molecule has 0 unspecified atom stereocenters. The van der Waals surface area contributed by atoms with Gasteiger partial charge in [-0.25, -0.2) is 0 Å². The van der Waals surface area contributed by atoms with Gasteiger partial charge in [-0.05, 0) is 136 Å². The maximum absolute atomic E-state index is 2.38. The highest BCUT2D eigenvalue weighted by Gasteiger charge is 2.56. The second kappa shape index (κ2) is 13.6. The maximum atomic E-state index is 2.38. The molecule has 5 rings (SSSR count). The molecule has 0 N–H and O–H groups in total. The molecule has 2 spiro atoms. The van der Waals surface area contributed by atoms with Gasteiger partial charge in [0, 0.05) is 0 Å². The average Bonchev–Trinajstić information content (AvgIpc) is 2.92. The molecular formula is C37H66. The van der Waals surface area contributed by atoms with Crippen LogP contribution in [-0.4, -0.2) is 0 Å². The highest BCUT2D eigenvalue weighted by Crippen LogP contribution is 2.67.